The third-order valence-electron chi connectivity index (χ3n) is 4.28. The molecule has 20 heavy (non-hydrogen) atoms. The molecule has 1 aliphatic rings. The molecule has 112 valence electrons. The molecule has 0 saturated heterocycles. The van der Waals surface area contributed by atoms with Gasteiger partial charge in [-0.3, -0.25) is 0 Å². The van der Waals surface area contributed by atoms with Crippen molar-refractivity contribution in [1.29, 1.82) is 0 Å². The molecular weight excluding hydrogens is 256 g/mol. The van der Waals surface area contributed by atoms with Crippen LogP contribution in [0, 0.1) is 17.6 Å². The van der Waals surface area contributed by atoms with Crippen molar-refractivity contribution >= 4 is 0 Å². The Morgan fingerprint density at radius 2 is 1.80 bits per heavy atom. The Morgan fingerprint density at radius 3 is 2.40 bits per heavy atom. The van der Waals surface area contributed by atoms with Gasteiger partial charge in [0, 0.05) is 11.6 Å². The average Bonchev–Trinajstić information content (AvgIpc) is 2.45. The summed E-state index contributed by atoms with van der Waals surface area (Å²) < 4.78 is 28.0. The highest BCUT2D eigenvalue weighted by Gasteiger charge is 2.24. The number of hydrogen-bond acceptors (Lipinski definition) is 1. The van der Waals surface area contributed by atoms with Gasteiger partial charge in [0.2, 0.25) is 0 Å². The third-order valence-corrected chi connectivity index (χ3v) is 4.28. The largest absolute Gasteiger partial charge is 0.310 e. The van der Waals surface area contributed by atoms with E-state index in [1.807, 2.05) is 0 Å². The molecular formula is C17H25F2N. The standard InChI is InChI=1S/C17H25F2N/c1-2-11-20-16(12-13-7-4-3-5-8-13)17-14(18)9-6-10-15(17)19/h6,9-10,13,16,20H,2-5,7-8,11-12H2,1H3. The molecule has 0 radical (unpaired) electrons. The average molecular weight is 281 g/mol. The van der Waals surface area contributed by atoms with Gasteiger partial charge >= 0.3 is 0 Å². The summed E-state index contributed by atoms with van der Waals surface area (Å²) in [5.41, 5.74) is 0.228. The third kappa shape index (κ3) is 4.02. The molecule has 1 atom stereocenters. The molecule has 0 aliphatic heterocycles. The maximum absolute atomic E-state index is 14.0. The van der Waals surface area contributed by atoms with Gasteiger partial charge in [-0.25, -0.2) is 8.78 Å². The van der Waals surface area contributed by atoms with Crippen LogP contribution in [0.4, 0.5) is 8.78 Å². The second-order valence-corrected chi connectivity index (χ2v) is 5.88. The molecule has 1 aromatic carbocycles. The summed E-state index contributed by atoms with van der Waals surface area (Å²) in [4.78, 5) is 0. The molecule has 0 aromatic heterocycles. The van der Waals surface area contributed by atoms with Gasteiger partial charge in [0.25, 0.3) is 0 Å². The van der Waals surface area contributed by atoms with Crippen molar-refractivity contribution in [3.05, 3.63) is 35.4 Å². The van der Waals surface area contributed by atoms with E-state index in [2.05, 4.69) is 12.2 Å². The fourth-order valence-electron chi connectivity index (χ4n) is 3.22. The second kappa shape index (κ2) is 7.72. The molecule has 1 nitrogen and oxygen atoms in total. The van der Waals surface area contributed by atoms with Crippen LogP contribution in [0.1, 0.15) is 63.5 Å². The van der Waals surface area contributed by atoms with Gasteiger partial charge in [0.15, 0.2) is 0 Å². The van der Waals surface area contributed by atoms with E-state index in [0.29, 0.717) is 5.92 Å². The van der Waals surface area contributed by atoms with Crippen molar-refractivity contribution in [2.24, 2.45) is 5.92 Å². The summed E-state index contributed by atoms with van der Waals surface area (Å²) in [6.45, 7) is 2.87. The summed E-state index contributed by atoms with van der Waals surface area (Å²) in [5.74, 6) is -0.249. The number of nitrogens with one attached hydrogen (secondary N) is 1. The van der Waals surface area contributed by atoms with Crippen LogP contribution in [0.5, 0.6) is 0 Å². The first-order valence-corrected chi connectivity index (χ1v) is 7.89. The van der Waals surface area contributed by atoms with Crippen molar-refractivity contribution in [2.75, 3.05) is 6.54 Å². The van der Waals surface area contributed by atoms with Crippen molar-refractivity contribution in [3.8, 4) is 0 Å². The zero-order valence-electron chi connectivity index (χ0n) is 12.3. The Balaban J connectivity index is 2.13. The Hall–Kier alpha value is -0.960. The van der Waals surface area contributed by atoms with E-state index in [1.165, 1.54) is 50.3 Å². The Morgan fingerprint density at radius 1 is 1.15 bits per heavy atom. The fourth-order valence-corrected chi connectivity index (χ4v) is 3.22. The van der Waals surface area contributed by atoms with Gasteiger partial charge in [0.1, 0.15) is 11.6 Å². The summed E-state index contributed by atoms with van der Waals surface area (Å²) in [5, 5.41) is 3.33. The minimum absolute atomic E-state index is 0.195. The Kier molecular flexibility index (Phi) is 5.96. The topological polar surface area (TPSA) is 12.0 Å². The van der Waals surface area contributed by atoms with E-state index in [9.17, 15) is 8.78 Å². The molecule has 1 N–H and O–H groups in total. The minimum Gasteiger partial charge on any atom is -0.310 e. The van der Waals surface area contributed by atoms with Crippen LogP contribution in [0.25, 0.3) is 0 Å². The van der Waals surface area contributed by atoms with E-state index >= 15 is 0 Å². The van der Waals surface area contributed by atoms with Crippen molar-refractivity contribution in [1.82, 2.24) is 5.32 Å². The molecule has 0 heterocycles. The van der Waals surface area contributed by atoms with Crippen molar-refractivity contribution in [2.45, 2.75) is 57.9 Å². The molecule has 1 unspecified atom stereocenters. The van der Waals surface area contributed by atoms with Gasteiger partial charge in [-0.2, -0.15) is 0 Å². The fraction of sp³-hybridized carbons (Fsp3) is 0.647. The zero-order valence-corrected chi connectivity index (χ0v) is 12.3. The molecule has 1 aliphatic carbocycles. The smallest absolute Gasteiger partial charge is 0.130 e. The molecule has 2 rings (SSSR count). The van der Waals surface area contributed by atoms with E-state index < -0.39 is 11.6 Å². The highest BCUT2D eigenvalue weighted by Crippen LogP contribution is 2.33. The minimum atomic E-state index is -0.422. The van der Waals surface area contributed by atoms with Gasteiger partial charge in [-0.1, -0.05) is 45.1 Å². The normalized spacial score (nSPS) is 18.1. The summed E-state index contributed by atoms with van der Waals surface area (Å²) >= 11 is 0. The van der Waals surface area contributed by atoms with Gasteiger partial charge < -0.3 is 5.32 Å². The number of rotatable bonds is 6. The van der Waals surface area contributed by atoms with Crippen LogP contribution in [0.3, 0.4) is 0 Å². The summed E-state index contributed by atoms with van der Waals surface area (Å²) in [6, 6.07) is 3.96. The predicted molar refractivity (Wildman–Crippen MR) is 78.6 cm³/mol. The molecule has 0 bridgehead atoms. The van der Waals surface area contributed by atoms with E-state index in [0.717, 1.165) is 19.4 Å². The van der Waals surface area contributed by atoms with E-state index in [4.69, 9.17) is 0 Å². The number of hydrogen-bond donors (Lipinski definition) is 1. The van der Waals surface area contributed by atoms with Crippen LogP contribution in [-0.2, 0) is 0 Å². The van der Waals surface area contributed by atoms with Gasteiger partial charge in [-0.05, 0) is 37.4 Å². The highest BCUT2D eigenvalue weighted by molar-refractivity contribution is 5.23. The lowest BCUT2D eigenvalue weighted by molar-refractivity contribution is 0.293. The van der Waals surface area contributed by atoms with Crippen molar-refractivity contribution < 1.29 is 8.78 Å². The van der Waals surface area contributed by atoms with Gasteiger partial charge in [0.05, 0.1) is 0 Å². The zero-order chi connectivity index (χ0) is 14.4. The van der Waals surface area contributed by atoms with Crippen LogP contribution in [-0.4, -0.2) is 6.54 Å². The lowest BCUT2D eigenvalue weighted by Gasteiger charge is -2.28. The van der Waals surface area contributed by atoms with Crippen LogP contribution in [0.2, 0.25) is 0 Å². The molecule has 1 fully saturated rings. The highest BCUT2D eigenvalue weighted by atomic mass is 19.1. The summed E-state index contributed by atoms with van der Waals surface area (Å²) in [7, 11) is 0. The monoisotopic (exact) mass is 281 g/mol. The van der Waals surface area contributed by atoms with Crippen molar-refractivity contribution in [3.63, 3.8) is 0 Å². The SMILES string of the molecule is CCCNC(CC1CCCCC1)c1c(F)cccc1F. The maximum atomic E-state index is 14.0. The molecule has 3 heteroatoms. The number of halogens is 2. The van der Waals surface area contributed by atoms with E-state index in [-0.39, 0.29) is 11.6 Å². The Bertz CT molecular complexity index is 393. The second-order valence-electron chi connectivity index (χ2n) is 5.88. The number of benzene rings is 1. The molecule has 1 saturated carbocycles. The molecule has 0 amide bonds. The molecule has 1 aromatic rings. The molecule has 0 spiro atoms. The lowest BCUT2D eigenvalue weighted by atomic mass is 9.83. The van der Waals surface area contributed by atoms with Crippen LogP contribution >= 0.6 is 0 Å². The quantitative estimate of drug-likeness (QED) is 0.775. The van der Waals surface area contributed by atoms with E-state index in [1.54, 1.807) is 0 Å². The Labute approximate surface area is 120 Å². The maximum Gasteiger partial charge on any atom is 0.130 e. The lowest BCUT2D eigenvalue weighted by Crippen LogP contribution is -2.27. The predicted octanol–water partition coefficient (Wildman–Crippen LogP) is 4.98. The first kappa shape index (κ1) is 15.4. The first-order chi connectivity index (χ1) is 9.72. The van der Waals surface area contributed by atoms with Crippen LogP contribution < -0.4 is 5.32 Å². The van der Waals surface area contributed by atoms with Crippen LogP contribution in [0.15, 0.2) is 18.2 Å². The first-order valence-electron chi connectivity index (χ1n) is 7.89. The summed E-state index contributed by atoms with van der Waals surface area (Å²) in [6.07, 6.45) is 8.02. The van der Waals surface area contributed by atoms with Gasteiger partial charge in [-0.15, -0.1) is 0 Å².